The van der Waals surface area contributed by atoms with Crippen LogP contribution >= 0.6 is 12.6 Å². The summed E-state index contributed by atoms with van der Waals surface area (Å²) < 4.78 is 4.89. The summed E-state index contributed by atoms with van der Waals surface area (Å²) in [7, 11) is 0. The lowest BCUT2D eigenvalue weighted by Gasteiger charge is -2.07. The van der Waals surface area contributed by atoms with Crippen molar-refractivity contribution in [2.75, 3.05) is 6.61 Å². The zero-order valence-corrected chi connectivity index (χ0v) is 10.4. The topological polar surface area (TPSA) is 63.6 Å². The first-order valence-electron chi connectivity index (χ1n) is 5.25. The average molecular weight is 254 g/mol. The van der Waals surface area contributed by atoms with Gasteiger partial charge in [-0.2, -0.15) is 0 Å². The van der Waals surface area contributed by atoms with Crippen LogP contribution in [0.25, 0.3) is 0 Å². The van der Waals surface area contributed by atoms with Crippen LogP contribution in [-0.2, 0) is 16.0 Å². The molecule has 1 N–H and O–H groups in total. The number of thiol groups is 1. The standard InChI is InChI=1S/C12H14O4S/c1-2-16-12(15)9-7-8(3-5-10(9)17)4-6-11(13)14/h3,5,7,17H,2,4,6H2,1H3,(H,13,14). The molecule has 0 amide bonds. The van der Waals surface area contributed by atoms with Crippen LogP contribution < -0.4 is 0 Å². The summed E-state index contributed by atoms with van der Waals surface area (Å²) in [6.45, 7) is 2.02. The van der Waals surface area contributed by atoms with Crippen LogP contribution in [0, 0.1) is 0 Å². The zero-order valence-electron chi connectivity index (χ0n) is 9.47. The molecule has 0 aliphatic heterocycles. The predicted molar refractivity (Wildman–Crippen MR) is 65.6 cm³/mol. The van der Waals surface area contributed by atoms with Crippen molar-refractivity contribution in [1.82, 2.24) is 0 Å². The van der Waals surface area contributed by atoms with Gasteiger partial charge in [-0.25, -0.2) is 4.79 Å². The second kappa shape index (κ2) is 6.30. The van der Waals surface area contributed by atoms with Gasteiger partial charge in [-0.1, -0.05) is 6.07 Å². The number of carboxylic acids is 1. The van der Waals surface area contributed by atoms with Crippen molar-refractivity contribution < 1.29 is 19.4 Å². The van der Waals surface area contributed by atoms with Gasteiger partial charge in [0.25, 0.3) is 0 Å². The highest BCUT2D eigenvalue weighted by molar-refractivity contribution is 7.80. The maximum absolute atomic E-state index is 11.6. The molecule has 1 rings (SSSR count). The quantitative estimate of drug-likeness (QED) is 0.624. The number of esters is 1. The Morgan fingerprint density at radius 2 is 2.12 bits per heavy atom. The Labute approximate surface area is 105 Å². The minimum atomic E-state index is -0.863. The van der Waals surface area contributed by atoms with E-state index in [1.807, 2.05) is 0 Å². The van der Waals surface area contributed by atoms with E-state index >= 15 is 0 Å². The normalized spacial score (nSPS) is 10.0. The molecule has 92 valence electrons. The fourth-order valence-electron chi connectivity index (χ4n) is 1.36. The van der Waals surface area contributed by atoms with Gasteiger partial charge in [0.05, 0.1) is 12.2 Å². The van der Waals surface area contributed by atoms with Gasteiger partial charge in [0.15, 0.2) is 0 Å². The van der Waals surface area contributed by atoms with E-state index in [0.717, 1.165) is 5.56 Å². The van der Waals surface area contributed by atoms with Crippen molar-refractivity contribution in [1.29, 1.82) is 0 Å². The Kier molecular flexibility index (Phi) is 5.03. The number of aliphatic carboxylic acids is 1. The van der Waals surface area contributed by atoms with E-state index in [-0.39, 0.29) is 6.42 Å². The number of rotatable bonds is 5. The Morgan fingerprint density at radius 1 is 1.41 bits per heavy atom. The monoisotopic (exact) mass is 254 g/mol. The molecule has 0 fully saturated rings. The molecular formula is C12H14O4S. The van der Waals surface area contributed by atoms with Gasteiger partial charge in [0, 0.05) is 11.3 Å². The van der Waals surface area contributed by atoms with Gasteiger partial charge in [0.1, 0.15) is 0 Å². The highest BCUT2D eigenvalue weighted by Gasteiger charge is 2.11. The summed E-state index contributed by atoms with van der Waals surface area (Å²) in [6, 6.07) is 5.06. The van der Waals surface area contributed by atoms with Gasteiger partial charge >= 0.3 is 11.9 Å². The maximum Gasteiger partial charge on any atom is 0.339 e. The van der Waals surface area contributed by atoms with E-state index < -0.39 is 11.9 Å². The molecule has 0 bridgehead atoms. The van der Waals surface area contributed by atoms with Crippen LogP contribution in [0.3, 0.4) is 0 Å². The number of carboxylic acid groups (broad SMARTS) is 1. The molecular weight excluding hydrogens is 240 g/mol. The molecule has 0 saturated carbocycles. The maximum atomic E-state index is 11.6. The first-order chi connectivity index (χ1) is 8.04. The molecule has 0 atom stereocenters. The van der Waals surface area contributed by atoms with Crippen LogP contribution in [0.2, 0.25) is 0 Å². The molecule has 0 aromatic heterocycles. The van der Waals surface area contributed by atoms with Gasteiger partial charge in [-0.15, -0.1) is 12.6 Å². The number of benzene rings is 1. The molecule has 17 heavy (non-hydrogen) atoms. The first kappa shape index (κ1) is 13.6. The number of carbonyl (C=O) groups excluding carboxylic acids is 1. The Morgan fingerprint density at radius 3 is 2.71 bits per heavy atom. The molecule has 0 aliphatic rings. The van der Waals surface area contributed by atoms with E-state index in [4.69, 9.17) is 9.84 Å². The highest BCUT2D eigenvalue weighted by Crippen LogP contribution is 2.18. The smallest absolute Gasteiger partial charge is 0.339 e. The third-order valence-electron chi connectivity index (χ3n) is 2.18. The van der Waals surface area contributed by atoms with Crippen LogP contribution in [-0.4, -0.2) is 23.7 Å². The van der Waals surface area contributed by atoms with Gasteiger partial charge < -0.3 is 9.84 Å². The zero-order chi connectivity index (χ0) is 12.8. The minimum Gasteiger partial charge on any atom is -0.481 e. The van der Waals surface area contributed by atoms with Crippen molar-refractivity contribution in [3.63, 3.8) is 0 Å². The molecule has 4 nitrogen and oxygen atoms in total. The molecule has 5 heteroatoms. The number of carbonyl (C=O) groups is 2. The van der Waals surface area contributed by atoms with Gasteiger partial charge in [-0.3, -0.25) is 4.79 Å². The molecule has 0 radical (unpaired) electrons. The van der Waals surface area contributed by atoms with Crippen molar-refractivity contribution in [3.8, 4) is 0 Å². The fraction of sp³-hybridized carbons (Fsp3) is 0.333. The largest absolute Gasteiger partial charge is 0.481 e. The van der Waals surface area contributed by atoms with Gasteiger partial charge in [0.2, 0.25) is 0 Å². The Hall–Kier alpha value is -1.49. The number of ether oxygens (including phenoxy) is 1. The Balaban J connectivity index is 2.86. The van der Waals surface area contributed by atoms with Crippen molar-refractivity contribution in [2.24, 2.45) is 0 Å². The van der Waals surface area contributed by atoms with E-state index in [1.54, 1.807) is 25.1 Å². The molecule has 0 aliphatic carbocycles. The third-order valence-corrected chi connectivity index (χ3v) is 2.57. The third kappa shape index (κ3) is 4.11. The van der Waals surface area contributed by atoms with E-state index in [2.05, 4.69) is 12.6 Å². The molecule has 0 heterocycles. The minimum absolute atomic E-state index is 0.0359. The molecule has 1 aromatic rings. The number of hydrogen-bond acceptors (Lipinski definition) is 4. The summed E-state index contributed by atoms with van der Waals surface area (Å²) in [4.78, 5) is 22.6. The second-order valence-corrected chi connectivity index (χ2v) is 3.95. The fourth-order valence-corrected chi connectivity index (χ4v) is 1.59. The van der Waals surface area contributed by atoms with Gasteiger partial charge in [-0.05, 0) is 31.0 Å². The van der Waals surface area contributed by atoms with Crippen LogP contribution in [0.1, 0.15) is 29.3 Å². The van der Waals surface area contributed by atoms with E-state index in [1.165, 1.54) is 0 Å². The number of aryl methyl sites for hydroxylation is 1. The Bertz CT molecular complexity index is 429. The summed E-state index contributed by atoms with van der Waals surface area (Å²) in [5.41, 5.74) is 1.16. The van der Waals surface area contributed by atoms with Crippen molar-refractivity contribution in [3.05, 3.63) is 29.3 Å². The summed E-state index contributed by atoms with van der Waals surface area (Å²) in [5.74, 6) is -1.30. The lowest BCUT2D eigenvalue weighted by atomic mass is 10.1. The van der Waals surface area contributed by atoms with Crippen molar-refractivity contribution >= 4 is 24.6 Å². The van der Waals surface area contributed by atoms with Crippen molar-refractivity contribution in [2.45, 2.75) is 24.7 Å². The predicted octanol–water partition coefficient (Wildman–Crippen LogP) is 2.17. The van der Waals surface area contributed by atoms with E-state index in [9.17, 15) is 9.59 Å². The SMILES string of the molecule is CCOC(=O)c1cc(CCC(=O)O)ccc1S. The summed E-state index contributed by atoms with van der Waals surface area (Å²) in [5, 5.41) is 8.59. The summed E-state index contributed by atoms with van der Waals surface area (Å²) >= 11 is 4.17. The lowest BCUT2D eigenvalue weighted by molar-refractivity contribution is -0.136. The molecule has 0 spiro atoms. The second-order valence-electron chi connectivity index (χ2n) is 3.47. The molecule has 0 unspecified atom stereocenters. The lowest BCUT2D eigenvalue weighted by Crippen LogP contribution is -2.07. The highest BCUT2D eigenvalue weighted by atomic mass is 32.1. The van der Waals surface area contributed by atoms with E-state index in [0.29, 0.717) is 23.5 Å². The molecule has 1 aromatic carbocycles. The van der Waals surface area contributed by atoms with Crippen LogP contribution in [0.5, 0.6) is 0 Å². The number of hydrogen-bond donors (Lipinski definition) is 2. The molecule has 0 saturated heterocycles. The average Bonchev–Trinajstić information content (AvgIpc) is 2.28. The van der Waals surface area contributed by atoms with Crippen LogP contribution in [0.15, 0.2) is 23.1 Å². The van der Waals surface area contributed by atoms with Crippen LogP contribution in [0.4, 0.5) is 0 Å². The summed E-state index contributed by atoms with van der Waals surface area (Å²) in [6.07, 6.45) is 0.421. The first-order valence-corrected chi connectivity index (χ1v) is 5.70.